The number of carbonyl (C=O) groups is 2. The van der Waals surface area contributed by atoms with Crippen LogP contribution in [-0.2, 0) is 14.3 Å². The minimum Gasteiger partial charge on any atom is -0.465 e. The second-order valence-corrected chi connectivity index (χ2v) is 4.55. The average Bonchev–Trinajstić information content (AvgIpc) is 2.29. The number of esters is 1. The third kappa shape index (κ3) is 5.17. The van der Waals surface area contributed by atoms with Crippen molar-refractivity contribution in [3.8, 4) is 0 Å². The summed E-state index contributed by atoms with van der Waals surface area (Å²) in [6.07, 6.45) is 3.66. The second-order valence-electron chi connectivity index (χ2n) is 4.55. The molecule has 0 aromatic rings. The van der Waals surface area contributed by atoms with Gasteiger partial charge in [-0.2, -0.15) is 0 Å². The molecule has 0 aliphatic carbocycles. The van der Waals surface area contributed by atoms with E-state index < -0.39 is 0 Å². The number of rotatable bonds is 6. The lowest BCUT2D eigenvalue weighted by Crippen LogP contribution is -2.43. The van der Waals surface area contributed by atoms with Crippen molar-refractivity contribution in [1.82, 2.24) is 4.90 Å². The van der Waals surface area contributed by atoms with E-state index >= 15 is 0 Å². The van der Waals surface area contributed by atoms with Crippen LogP contribution in [0.25, 0.3) is 0 Å². The Morgan fingerprint density at radius 3 is 2.88 bits per heavy atom. The Labute approximate surface area is 102 Å². The SMILES string of the molecule is CCCCOC(=O)CN1CCCC(C(N)=O)C1. The van der Waals surface area contributed by atoms with Crippen molar-refractivity contribution in [3.63, 3.8) is 0 Å². The van der Waals surface area contributed by atoms with Crippen molar-refractivity contribution in [1.29, 1.82) is 0 Å². The van der Waals surface area contributed by atoms with Gasteiger partial charge in [0.25, 0.3) is 0 Å². The van der Waals surface area contributed by atoms with Gasteiger partial charge >= 0.3 is 5.97 Å². The van der Waals surface area contributed by atoms with E-state index in [-0.39, 0.29) is 24.3 Å². The maximum atomic E-state index is 11.5. The number of carbonyl (C=O) groups excluding carboxylic acids is 2. The molecule has 5 heteroatoms. The summed E-state index contributed by atoms with van der Waals surface area (Å²) < 4.78 is 5.08. The monoisotopic (exact) mass is 242 g/mol. The van der Waals surface area contributed by atoms with Gasteiger partial charge in [-0.15, -0.1) is 0 Å². The molecule has 0 saturated carbocycles. The Bertz CT molecular complexity index is 268. The highest BCUT2D eigenvalue weighted by molar-refractivity contribution is 5.77. The largest absolute Gasteiger partial charge is 0.465 e. The molecule has 1 atom stereocenters. The molecule has 1 unspecified atom stereocenters. The summed E-state index contributed by atoms with van der Waals surface area (Å²) in [5.41, 5.74) is 5.28. The lowest BCUT2D eigenvalue weighted by Gasteiger charge is -2.30. The van der Waals surface area contributed by atoms with E-state index in [2.05, 4.69) is 6.92 Å². The fourth-order valence-electron chi connectivity index (χ4n) is 1.99. The first-order valence-corrected chi connectivity index (χ1v) is 6.30. The third-order valence-corrected chi connectivity index (χ3v) is 3.02. The standard InChI is InChI=1S/C12H22N2O3/c1-2-3-7-17-11(15)9-14-6-4-5-10(8-14)12(13)16/h10H,2-9H2,1H3,(H2,13,16). The number of nitrogens with two attached hydrogens (primary N) is 1. The van der Waals surface area contributed by atoms with E-state index in [1.165, 1.54) is 0 Å². The Morgan fingerprint density at radius 2 is 2.24 bits per heavy atom. The van der Waals surface area contributed by atoms with Gasteiger partial charge in [0.2, 0.25) is 5.91 Å². The molecular weight excluding hydrogens is 220 g/mol. The van der Waals surface area contributed by atoms with Crippen LogP contribution in [0.2, 0.25) is 0 Å². The van der Waals surface area contributed by atoms with Crippen LogP contribution >= 0.6 is 0 Å². The summed E-state index contributed by atoms with van der Waals surface area (Å²) in [6, 6.07) is 0. The number of nitrogens with zero attached hydrogens (tertiary/aromatic N) is 1. The number of ether oxygens (including phenoxy) is 1. The lowest BCUT2D eigenvalue weighted by atomic mass is 9.97. The van der Waals surface area contributed by atoms with Crippen molar-refractivity contribution in [2.45, 2.75) is 32.6 Å². The molecular formula is C12H22N2O3. The van der Waals surface area contributed by atoms with Gasteiger partial charge in [0, 0.05) is 6.54 Å². The molecule has 1 saturated heterocycles. The highest BCUT2D eigenvalue weighted by Gasteiger charge is 2.25. The van der Waals surface area contributed by atoms with Crippen LogP contribution in [0.15, 0.2) is 0 Å². The van der Waals surface area contributed by atoms with Gasteiger partial charge in [-0.25, -0.2) is 0 Å². The highest BCUT2D eigenvalue weighted by atomic mass is 16.5. The van der Waals surface area contributed by atoms with E-state index in [1.807, 2.05) is 4.90 Å². The van der Waals surface area contributed by atoms with Crippen LogP contribution in [0, 0.1) is 5.92 Å². The summed E-state index contributed by atoms with van der Waals surface area (Å²) >= 11 is 0. The molecule has 0 radical (unpaired) electrons. The number of primary amides is 1. The maximum Gasteiger partial charge on any atom is 0.320 e. The average molecular weight is 242 g/mol. The molecule has 1 heterocycles. The van der Waals surface area contributed by atoms with Crippen LogP contribution < -0.4 is 5.73 Å². The Morgan fingerprint density at radius 1 is 1.47 bits per heavy atom. The zero-order valence-corrected chi connectivity index (χ0v) is 10.5. The van der Waals surface area contributed by atoms with E-state index in [4.69, 9.17) is 10.5 Å². The predicted octanol–water partition coefficient (Wildman–Crippen LogP) is 0.527. The Hall–Kier alpha value is -1.10. The minimum absolute atomic E-state index is 0.118. The van der Waals surface area contributed by atoms with Crippen molar-refractivity contribution in [2.75, 3.05) is 26.2 Å². The second kappa shape index (κ2) is 7.27. The molecule has 2 N–H and O–H groups in total. The molecule has 1 rings (SSSR count). The zero-order chi connectivity index (χ0) is 12.7. The molecule has 1 aliphatic rings. The van der Waals surface area contributed by atoms with Crippen LogP contribution in [0.5, 0.6) is 0 Å². The van der Waals surface area contributed by atoms with Crippen molar-refractivity contribution in [3.05, 3.63) is 0 Å². The van der Waals surface area contributed by atoms with Crippen molar-refractivity contribution >= 4 is 11.9 Å². The third-order valence-electron chi connectivity index (χ3n) is 3.02. The molecule has 1 aliphatic heterocycles. The van der Waals surface area contributed by atoms with E-state index in [9.17, 15) is 9.59 Å². The molecule has 98 valence electrons. The summed E-state index contributed by atoms with van der Waals surface area (Å²) in [5, 5.41) is 0. The normalized spacial score (nSPS) is 21.1. The molecule has 1 amide bonds. The predicted molar refractivity (Wildman–Crippen MR) is 64.2 cm³/mol. The van der Waals surface area contributed by atoms with Gasteiger partial charge in [-0.3, -0.25) is 14.5 Å². The van der Waals surface area contributed by atoms with Crippen LogP contribution in [0.4, 0.5) is 0 Å². The van der Waals surface area contributed by atoms with Gasteiger partial charge < -0.3 is 10.5 Å². The van der Waals surface area contributed by atoms with Gasteiger partial charge in [0.05, 0.1) is 19.1 Å². The van der Waals surface area contributed by atoms with Gasteiger partial charge in [0.15, 0.2) is 0 Å². The molecule has 0 aromatic heterocycles. The van der Waals surface area contributed by atoms with E-state index in [0.29, 0.717) is 13.2 Å². The fraction of sp³-hybridized carbons (Fsp3) is 0.833. The fourth-order valence-corrected chi connectivity index (χ4v) is 1.99. The number of likely N-dealkylation sites (tertiary alicyclic amines) is 1. The van der Waals surface area contributed by atoms with Crippen LogP contribution in [0.3, 0.4) is 0 Å². The summed E-state index contributed by atoms with van der Waals surface area (Å²) in [5.74, 6) is -0.593. The molecule has 5 nitrogen and oxygen atoms in total. The van der Waals surface area contributed by atoms with Gasteiger partial charge in [-0.05, 0) is 25.8 Å². The smallest absolute Gasteiger partial charge is 0.320 e. The summed E-state index contributed by atoms with van der Waals surface area (Å²) in [7, 11) is 0. The molecule has 1 fully saturated rings. The number of amides is 1. The molecule has 0 spiro atoms. The maximum absolute atomic E-state index is 11.5. The first-order chi connectivity index (χ1) is 8.13. The summed E-state index contributed by atoms with van der Waals surface area (Å²) in [6.45, 7) is 4.23. The number of piperidine rings is 1. The number of hydrogen-bond donors (Lipinski definition) is 1. The van der Waals surface area contributed by atoms with Gasteiger partial charge in [0.1, 0.15) is 0 Å². The first kappa shape index (κ1) is 14.0. The molecule has 0 bridgehead atoms. The Kier molecular flexibility index (Phi) is 5.97. The minimum atomic E-state index is -0.269. The number of hydrogen-bond acceptors (Lipinski definition) is 4. The lowest BCUT2D eigenvalue weighted by molar-refractivity contribution is -0.146. The molecule has 0 aromatic carbocycles. The topological polar surface area (TPSA) is 72.6 Å². The quantitative estimate of drug-likeness (QED) is 0.544. The van der Waals surface area contributed by atoms with Crippen molar-refractivity contribution < 1.29 is 14.3 Å². The Balaban J connectivity index is 2.26. The molecule has 17 heavy (non-hydrogen) atoms. The van der Waals surface area contributed by atoms with E-state index in [0.717, 1.165) is 32.2 Å². The van der Waals surface area contributed by atoms with Crippen molar-refractivity contribution in [2.24, 2.45) is 11.7 Å². The number of unbranched alkanes of at least 4 members (excludes halogenated alkanes) is 1. The first-order valence-electron chi connectivity index (χ1n) is 6.30. The highest BCUT2D eigenvalue weighted by Crippen LogP contribution is 2.15. The van der Waals surface area contributed by atoms with Crippen LogP contribution in [0.1, 0.15) is 32.6 Å². The zero-order valence-electron chi connectivity index (χ0n) is 10.5. The summed E-state index contributed by atoms with van der Waals surface area (Å²) in [4.78, 5) is 24.5. The van der Waals surface area contributed by atoms with E-state index in [1.54, 1.807) is 0 Å². The van der Waals surface area contributed by atoms with Gasteiger partial charge in [-0.1, -0.05) is 13.3 Å². The van der Waals surface area contributed by atoms with Crippen LogP contribution in [-0.4, -0.2) is 43.0 Å².